The highest BCUT2D eigenvalue weighted by atomic mass is 16.5. The fourth-order valence-electron chi connectivity index (χ4n) is 1.57. The zero-order valence-corrected chi connectivity index (χ0v) is 10.7. The maximum atomic E-state index is 8.67. The molecule has 0 bridgehead atoms. The van der Waals surface area contributed by atoms with Crippen molar-refractivity contribution in [3.05, 3.63) is 41.5 Å². The van der Waals surface area contributed by atoms with Crippen molar-refractivity contribution in [1.29, 1.82) is 0 Å². The van der Waals surface area contributed by atoms with Gasteiger partial charge in [0.1, 0.15) is 18.7 Å². The minimum absolute atomic E-state index is 0.0449. The molecule has 3 N–H and O–H groups in total. The molecule has 1 aromatic heterocycles. The molecule has 0 spiro atoms. The average Bonchev–Trinajstić information content (AvgIpc) is 2.82. The van der Waals surface area contributed by atoms with Gasteiger partial charge in [-0.25, -0.2) is 4.98 Å². The van der Waals surface area contributed by atoms with E-state index < -0.39 is 0 Å². The van der Waals surface area contributed by atoms with Gasteiger partial charge in [0.05, 0.1) is 0 Å². The summed E-state index contributed by atoms with van der Waals surface area (Å²) in [4.78, 5) is 4.07. The SMILES string of the molecule is Cc1ccc(/C(N)=N/O)cc1OCc1ncnn1C. The molecule has 7 heteroatoms. The van der Waals surface area contributed by atoms with Crippen LogP contribution in [0.15, 0.2) is 29.7 Å². The number of benzene rings is 1. The highest BCUT2D eigenvalue weighted by Gasteiger charge is 2.07. The minimum atomic E-state index is 0.0449. The van der Waals surface area contributed by atoms with Crippen LogP contribution in [0.25, 0.3) is 0 Å². The Labute approximate surface area is 110 Å². The molecule has 2 rings (SSSR count). The lowest BCUT2D eigenvalue weighted by molar-refractivity contribution is 0.287. The standard InChI is InChI=1S/C12H15N5O2/c1-8-3-4-9(12(13)16-18)5-10(8)19-6-11-14-7-15-17(11)2/h3-5,7,18H,6H2,1-2H3,(H2,13,16). The Hall–Kier alpha value is -2.57. The molecule has 1 aromatic carbocycles. The van der Waals surface area contributed by atoms with E-state index in [-0.39, 0.29) is 5.84 Å². The molecule has 0 aliphatic heterocycles. The van der Waals surface area contributed by atoms with Crippen molar-refractivity contribution in [2.24, 2.45) is 17.9 Å². The first-order valence-electron chi connectivity index (χ1n) is 5.66. The summed E-state index contributed by atoms with van der Waals surface area (Å²) in [6, 6.07) is 5.33. The van der Waals surface area contributed by atoms with Gasteiger partial charge in [-0.1, -0.05) is 17.3 Å². The molecule has 0 atom stereocenters. The minimum Gasteiger partial charge on any atom is -0.485 e. The lowest BCUT2D eigenvalue weighted by Gasteiger charge is -2.10. The van der Waals surface area contributed by atoms with Crippen molar-refractivity contribution in [2.45, 2.75) is 13.5 Å². The number of aromatic nitrogens is 3. The largest absolute Gasteiger partial charge is 0.485 e. The number of amidine groups is 1. The third kappa shape index (κ3) is 2.82. The summed E-state index contributed by atoms with van der Waals surface area (Å²) in [6.07, 6.45) is 1.47. The number of oxime groups is 1. The molecule has 2 aromatic rings. The van der Waals surface area contributed by atoms with Crippen LogP contribution in [0.2, 0.25) is 0 Å². The van der Waals surface area contributed by atoms with Crippen LogP contribution < -0.4 is 10.5 Å². The van der Waals surface area contributed by atoms with Gasteiger partial charge in [0, 0.05) is 12.6 Å². The van der Waals surface area contributed by atoms with Gasteiger partial charge in [0.2, 0.25) is 0 Å². The number of aryl methyl sites for hydroxylation is 2. The molecule has 0 saturated heterocycles. The van der Waals surface area contributed by atoms with E-state index in [1.54, 1.807) is 23.9 Å². The van der Waals surface area contributed by atoms with Crippen molar-refractivity contribution in [3.63, 3.8) is 0 Å². The summed E-state index contributed by atoms with van der Waals surface area (Å²) in [5, 5.41) is 15.6. The zero-order valence-electron chi connectivity index (χ0n) is 10.7. The summed E-state index contributed by atoms with van der Waals surface area (Å²) >= 11 is 0. The van der Waals surface area contributed by atoms with Crippen molar-refractivity contribution in [1.82, 2.24) is 14.8 Å². The second-order valence-electron chi connectivity index (χ2n) is 4.05. The molecule has 7 nitrogen and oxygen atoms in total. The molecule has 100 valence electrons. The third-order valence-electron chi connectivity index (χ3n) is 2.75. The molecule has 0 aliphatic carbocycles. The van der Waals surface area contributed by atoms with Gasteiger partial charge >= 0.3 is 0 Å². The maximum absolute atomic E-state index is 8.67. The van der Waals surface area contributed by atoms with Gasteiger partial charge in [-0.15, -0.1) is 0 Å². The van der Waals surface area contributed by atoms with E-state index in [0.29, 0.717) is 23.7 Å². The van der Waals surface area contributed by atoms with E-state index in [9.17, 15) is 0 Å². The molecule has 19 heavy (non-hydrogen) atoms. The predicted octanol–water partition coefficient (Wildman–Crippen LogP) is 0.797. The Bertz CT molecular complexity index is 606. The highest BCUT2D eigenvalue weighted by Crippen LogP contribution is 2.20. The number of hydrogen-bond acceptors (Lipinski definition) is 5. The van der Waals surface area contributed by atoms with E-state index in [1.807, 2.05) is 13.0 Å². The number of rotatable bonds is 4. The van der Waals surface area contributed by atoms with Crippen molar-refractivity contribution < 1.29 is 9.94 Å². The van der Waals surface area contributed by atoms with Crippen LogP contribution in [0.5, 0.6) is 5.75 Å². The zero-order chi connectivity index (χ0) is 13.8. The molecule has 0 aliphatic rings. The van der Waals surface area contributed by atoms with Crippen LogP contribution in [0.1, 0.15) is 17.0 Å². The second kappa shape index (κ2) is 5.38. The lowest BCUT2D eigenvalue weighted by Crippen LogP contribution is -2.13. The lowest BCUT2D eigenvalue weighted by atomic mass is 10.1. The van der Waals surface area contributed by atoms with E-state index in [1.165, 1.54) is 6.33 Å². The van der Waals surface area contributed by atoms with Crippen LogP contribution in [0, 0.1) is 6.92 Å². The Morgan fingerprint density at radius 2 is 2.32 bits per heavy atom. The molecule has 0 unspecified atom stereocenters. The number of ether oxygens (including phenoxy) is 1. The van der Waals surface area contributed by atoms with Gasteiger partial charge in [-0.05, 0) is 18.6 Å². The average molecular weight is 261 g/mol. The number of nitrogens with two attached hydrogens (primary N) is 1. The van der Waals surface area contributed by atoms with Crippen LogP contribution in [-0.4, -0.2) is 25.8 Å². The molecule has 0 saturated carbocycles. The van der Waals surface area contributed by atoms with Gasteiger partial charge in [-0.2, -0.15) is 5.10 Å². The molecular formula is C12H15N5O2. The molecule has 0 amide bonds. The van der Waals surface area contributed by atoms with Gasteiger partial charge < -0.3 is 15.7 Å². The topological polar surface area (TPSA) is 98.6 Å². The van der Waals surface area contributed by atoms with Gasteiger partial charge in [0.15, 0.2) is 11.7 Å². The van der Waals surface area contributed by atoms with E-state index >= 15 is 0 Å². The fourth-order valence-corrected chi connectivity index (χ4v) is 1.57. The predicted molar refractivity (Wildman–Crippen MR) is 69.0 cm³/mol. The number of nitrogens with zero attached hydrogens (tertiary/aromatic N) is 4. The first-order valence-corrected chi connectivity index (χ1v) is 5.66. The Kier molecular flexibility index (Phi) is 3.65. The van der Waals surface area contributed by atoms with Crippen LogP contribution in [0.3, 0.4) is 0 Å². The summed E-state index contributed by atoms with van der Waals surface area (Å²) in [6.45, 7) is 2.22. The van der Waals surface area contributed by atoms with Crippen molar-refractivity contribution in [3.8, 4) is 5.75 Å². The fraction of sp³-hybridized carbons (Fsp3) is 0.250. The third-order valence-corrected chi connectivity index (χ3v) is 2.75. The van der Waals surface area contributed by atoms with E-state index in [2.05, 4.69) is 15.2 Å². The van der Waals surface area contributed by atoms with Crippen molar-refractivity contribution >= 4 is 5.84 Å². The van der Waals surface area contributed by atoms with Gasteiger partial charge in [-0.3, -0.25) is 4.68 Å². The number of hydrogen-bond donors (Lipinski definition) is 2. The quantitative estimate of drug-likeness (QED) is 0.367. The molecular weight excluding hydrogens is 246 g/mol. The normalized spacial score (nSPS) is 11.6. The summed E-state index contributed by atoms with van der Waals surface area (Å²) in [5.41, 5.74) is 7.10. The van der Waals surface area contributed by atoms with E-state index in [4.69, 9.17) is 15.7 Å². The summed E-state index contributed by atoms with van der Waals surface area (Å²) in [7, 11) is 1.80. The van der Waals surface area contributed by atoms with Gasteiger partial charge in [0.25, 0.3) is 0 Å². The first-order chi connectivity index (χ1) is 9.11. The Morgan fingerprint density at radius 1 is 1.53 bits per heavy atom. The van der Waals surface area contributed by atoms with E-state index in [0.717, 1.165) is 5.56 Å². The van der Waals surface area contributed by atoms with Crippen LogP contribution in [-0.2, 0) is 13.7 Å². The molecule has 1 heterocycles. The first kappa shape index (κ1) is 12.9. The van der Waals surface area contributed by atoms with Crippen molar-refractivity contribution in [2.75, 3.05) is 0 Å². The maximum Gasteiger partial charge on any atom is 0.170 e. The Balaban J connectivity index is 2.18. The highest BCUT2D eigenvalue weighted by molar-refractivity contribution is 5.97. The monoisotopic (exact) mass is 261 g/mol. The summed E-state index contributed by atoms with van der Waals surface area (Å²) in [5.74, 6) is 1.42. The Morgan fingerprint density at radius 3 is 2.95 bits per heavy atom. The second-order valence-corrected chi connectivity index (χ2v) is 4.05. The molecule has 0 fully saturated rings. The van der Waals surface area contributed by atoms with Crippen LogP contribution in [0.4, 0.5) is 0 Å². The van der Waals surface area contributed by atoms with Crippen LogP contribution >= 0.6 is 0 Å². The smallest absolute Gasteiger partial charge is 0.170 e. The molecule has 0 radical (unpaired) electrons. The summed E-state index contributed by atoms with van der Waals surface area (Å²) < 4.78 is 7.32.